The van der Waals surface area contributed by atoms with Gasteiger partial charge in [-0.05, 0) is 61.6 Å². The fourth-order valence-corrected chi connectivity index (χ4v) is 6.75. The first-order chi connectivity index (χ1) is 23.0. The molecule has 6 rings (SSSR count). The van der Waals surface area contributed by atoms with Gasteiger partial charge < -0.3 is 29.7 Å². The zero-order valence-corrected chi connectivity index (χ0v) is 28.2. The van der Waals surface area contributed by atoms with Gasteiger partial charge in [-0.1, -0.05) is 29.5 Å². The number of anilines is 4. The Morgan fingerprint density at radius 2 is 1.68 bits per heavy atom. The van der Waals surface area contributed by atoms with Crippen molar-refractivity contribution in [2.45, 2.75) is 18.9 Å². The number of benzene rings is 3. The molecule has 0 amide bonds. The fourth-order valence-electron chi connectivity index (χ4n) is 5.33. The minimum atomic E-state index is -0.427. The lowest BCUT2D eigenvalue weighted by atomic mass is 10.1. The standard InChI is InChI=1S/C35H37FN6O3S2/c1-43-27-19-23(20-28(22-27)44-2)32-33(47-35(41-32)39-24-7-5-4-6-8-24)30-11-14-37-34(40-30)38-25-9-10-31(29(36)21-25)45-26-12-15-42(16-13-26)17-18-46-3/h4-11,14,19-22,26H,12-13,15-18H2,1-3H3,(H,39,41)(H,37,38,40). The van der Waals surface area contributed by atoms with Gasteiger partial charge in [-0.15, -0.1) is 0 Å². The molecular formula is C35H37FN6O3S2. The van der Waals surface area contributed by atoms with E-state index in [-0.39, 0.29) is 11.9 Å². The van der Waals surface area contributed by atoms with Crippen molar-refractivity contribution >= 4 is 45.6 Å². The quantitative estimate of drug-likeness (QED) is 0.128. The molecule has 0 unspecified atom stereocenters. The second-order valence-corrected chi connectivity index (χ2v) is 13.0. The Morgan fingerprint density at radius 1 is 0.915 bits per heavy atom. The van der Waals surface area contributed by atoms with Gasteiger partial charge in [0, 0.05) is 60.7 Å². The van der Waals surface area contributed by atoms with Gasteiger partial charge in [0.05, 0.1) is 30.5 Å². The third-order valence-corrected chi connectivity index (χ3v) is 9.38. The van der Waals surface area contributed by atoms with E-state index in [9.17, 15) is 0 Å². The summed E-state index contributed by atoms with van der Waals surface area (Å²) in [5.41, 5.74) is 3.61. The van der Waals surface area contributed by atoms with Crippen molar-refractivity contribution in [1.29, 1.82) is 0 Å². The summed E-state index contributed by atoms with van der Waals surface area (Å²) in [5.74, 6) is 2.57. The van der Waals surface area contributed by atoms with Gasteiger partial charge in [-0.3, -0.25) is 0 Å². The van der Waals surface area contributed by atoms with Crippen LogP contribution < -0.4 is 24.8 Å². The van der Waals surface area contributed by atoms with Gasteiger partial charge in [0.15, 0.2) is 16.7 Å². The van der Waals surface area contributed by atoms with E-state index in [1.165, 1.54) is 17.4 Å². The molecule has 1 aliphatic rings. The van der Waals surface area contributed by atoms with E-state index in [4.69, 9.17) is 24.2 Å². The number of hydrogen-bond donors (Lipinski definition) is 2. The van der Waals surface area contributed by atoms with Crippen molar-refractivity contribution < 1.29 is 18.6 Å². The Hall–Kier alpha value is -4.39. The zero-order chi connectivity index (χ0) is 32.6. The summed E-state index contributed by atoms with van der Waals surface area (Å²) in [6.07, 6.45) is 5.58. The third kappa shape index (κ3) is 8.31. The fraction of sp³-hybridized carbons (Fsp3) is 0.286. The van der Waals surface area contributed by atoms with Gasteiger partial charge >= 0.3 is 0 Å². The number of thioether (sulfide) groups is 1. The second kappa shape index (κ2) is 15.5. The number of para-hydroxylation sites is 1. The van der Waals surface area contributed by atoms with E-state index < -0.39 is 5.82 Å². The minimum Gasteiger partial charge on any atom is -0.497 e. The number of halogens is 1. The maximum atomic E-state index is 15.2. The number of methoxy groups -OCH3 is 2. The molecule has 1 aliphatic heterocycles. The van der Waals surface area contributed by atoms with Gasteiger partial charge in [0.2, 0.25) is 5.95 Å². The first kappa shape index (κ1) is 32.5. The van der Waals surface area contributed by atoms with Crippen molar-refractivity contribution in [3.05, 3.63) is 84.8 Å². The summed E-state index contributed by atoms with van der Waals surface area (Å²) < 4.78 is 32.3. The van der Waals surface area contributed by atoms with Crippen LogP contribution in [0.1, 0.15) is 12.8 Å². The smallest absolute Gasteiger partial charge is 0.227 e. The van der Waals surface area contributed by atoms with Crippen molar-refractivity contribution in [3.8, 4) is 39.1 Å². The molecule has 0 radical (unpaired) electrons. The Bertz CT molecular complexity index is 1760. The van der Waals surface area contributed by atoms with Crippen molar-refractivity contribution in [2.75, 3.05) is 56.5 Å². The molecule has 5 aromatic rings. The van der Waals surface area contributed by atoms with E-state index in [1.54, 1.807) is 32.5 Å². The van der Waals surface area contributed by atoms with Crippen LogP contribution in [-0.2, 0) is 0 Å². The highest BCUT2D eigenvalue weighted by Gasteiger charge is 2.22. The van der Waals surface area contributed by atoms with Crippen LogP contribution in [0.5, 0.6) is 17.2 Å². The van der Waals surface area contributed by atoms with Crippen molar-refractivity contribution in [1.82, 2.24) is 19.9 Å². The lowest BCUT2D eigenvalue weighted by Gasteiger charge is -2.32. The van der Waals surface area contributed by atoms with Crippen LogP contribution in [0.25, 0.3) is 21.8 Å². The summed E-state index contributed by atoms with van der Waals surface area (Å²) in [7, 11) is 3.23. The topological polar surface area (TPSA) is 93.7 Å². The number of piperidine rings is 1. The van der Waals surface area contributed by atoms with Crippen molar-refractivity contribution in [3.63, 3.8) is 0 Å². The lowest BCUT2D eigenvalue weighted by molar-refractivity contribution is 0.101. The Morgan fingerprint density at radius 3 is 2.38 bits per heavy atom. The minimum absolute atomic E-state index is 0.00766. The van der Waals surface area contributed by atoms with Crippen LogP contribution in [0.15, 0.2) is 79.0 Å². The number of hydrogen-bond acceptors (Lipinski definition) is 11. The van der Waals surface area contributed by atoms with E-state index in [1.807, 2.05) is 66.4 Å². The molecule has 0 aliphatic carbocycles. The van der Waals surface area contributed by atoms with Gasteiger partial charge in [0.1, 0.15) is 17.6 Å². The average Bonchev–Trinajstić information content (AvgIpc) is 3.53. The van der Waals surface area contributed by atoms with Gasteiger partial charge in [0.25, 0.3) is 0 Å². The third-order valence-electron chi connectivity index (χ3n) is 7.79. The maximum Gasteiger partial charge on any atom is 0.227 e. The van der Waals surface area contributed by atoms with E-state index in [2.05, 4.69) is 26.8 Å². The van der Waals surface area contributed by atoms with E-state index in [0.29, 0.717) is 39.7 Å². The summed E-state index contributed by atoms with van der Waals surface area (Å²) in [6.45, 7) is 3.02. The molecule has 3 aromatic carbocycles. The van der Waals surface area contributed by atoms with Crippen LogP contribution >= 0.6 is 23.1 Å². The molecule has 0 bridgehead atoms. The number of nitrogens with one attached hydrogen (secondary N) is 2. The molecule has 0 atom stereocenters. The Kier molecular flexibility index (Phi) is 10.7. The maximum absolute atomic E-state index is 15.2. The predicted octanol–water partition coefficient (Wildman–Crippen LogP) is 8.12. The molecule has 12 heteroatoms. The zero-order valence-electron chi connectivity index (χ0n) is 26.5. The number of rotatable bonds is 13. The van der Waals surface area contributed by atoms with Gasteiger partial charge in [-0.2, -0.15) is 11.8 Å². The first-order valence-electron chi connectivity index (χ1n) is 15.4. The summed E-state index contributed by atoms with van der Waals surface area (Å²) in [4.78, 5) is 17.4. The van der Waals surface area contributed by atoms with Crippen molar-refractivity contribution in [2.24, 2.45) is 0 Å². The monoisotopic (exact) mass is 672 g/mol. The molecule has 1 fully saturated rings. The van der Waals surface area contributed by atoms with Crippen LogP contribution in [0.3, 0.4) is 0 Å². The number of likely N-dealkylation sites (tertiary alicyclic amines) is 1. The van der Waals surface area contributed by atoms with E-state index >= 15 is 4.39 Å². The highest BCUT2D eigenvalue weighted by molar-refractivity contribution is 7.98. The molecule has 47 heavy (non-hydrogen) atoms. The highest BCUT2D eigenvalue weighted by Crippen LogP contribution is 2.41. The molecule has 9 nitrogen and oxygen atoms in total. The molecule has 244 valence electrons. The molecule has 0 spiro atoms. The Labute approximate surface area is 282 Å². The summed E-state index contributed by atoms with van der Waals surface area (Å²) >= 11 is 3.32. The molecule has 3 heterocycles. The molecule has 2 N–H and O–H groups in total. The lowest BCUT2D eigenvalue weighted by Crippen LogP contribution is -2.39. The SMILES string of the molecule is COc1cc(OC)cc(-c2nc(Nc3ccccc3)sc2-c2ccnc(Nc3ccc(OC4CCN(CCSC)CC4)c(F)c3)n2)c1. The van der Waals surface area contributed by atoms with Crippen LogP contribution in [0, 0.1) is 5.82 Å². The van der Waals surface area contributed by atoms with Crippen LogP contribution in [-0.4, -0.2) is 71.8 Å². The van der Waals surface area contributed by atoms with E-state index in [0.717, 1.165) is 54.4 Å². The number of ether oxygens (including phenoxy) is 3. The molecule has 0 saturated carbocycles. The number of thiazole rings is 1. The number of nitrogens with zero attached hydrogens (tertiary/aromatic N) is 4. The largest absolute Gasteiger partial charge is 0.497 e. The normalized spacial score (nSPS) is 13.7. The number of aromatic nitrogens is 3. The average molecular weight is 673 g/mol. The highest BCUT2D eigenvalue weighted by atomic mass is 32.2. The molecule has 1 saturated heterocycles. The second-order valence-electron chi connectivity index (χ2n) is 11.0. The predicted molar refractivity (Wildman–Crippen MR) is 190 cm³/mol. The van der Waals surface area contributed by atoms with Crippen LogP contribution in [0.4, 0.5) is 26.8 Å². The van der Waals surface area contributed by atoms with Crippen LogP contribution in [0.2, 0.25) is 0 Å². The first-order valence-corrected chi connectivity index (χ1v) is 17.6. The van der Waals surface area contributed by atoms with Gasteiger partial charge in [-0.25, -0.2) is 19.3 Å². The summed E-state index contributed by atoms with van der Waals surface area (Å²) in [5, 5.41) is 7.25. The Balaban J connectivity index is 1.22. The molecular weight excluding hydrogens is 636 g/mol. The summed E-state index contributed by atoms with van der Waals surface area (Å²) in [6, 6.07) is 22.2. The molecule has 2 aromatic heterocycles.